The normalized spacial score (nSPS) is 11.5. The highest BCUT2D eigenvalue weighted by Gasteiger charge is 2.24. The minimum atomic E-state index is -3.93. The molecule has 6 aromatic rings. The number of carboxylic acids is 1. The number of carbonyl (C=O) groups excluding carboxylic acids is 1. The predicted octanol–water partition coefficient (Wildman–Crippen LogP) is 8.83. The highest BCUT2D eigenvalue weighted by atomic mass is 32.2. The number of rotatable bonds is 16. The molecular formula is C50H44F4N4O10S2. The highest BCUT2D eigenvalue weighted by molar-refractivity contribution is 7.89. The topological polar surface area (TPSA) is 204 Å². The van der Waals surface area contributed by atoms with Gasteiger partial charge in [-0.3, -0.25) is 0 Å². The van der Waals surface area contributed by atoms with Crippen LogP contribution >= 0.6 is 0 Å². The van der Waals surface area contributed by atoms with Crippen LogP contribution in [0.2, 0.25) is 0 Å². The Balaban J connectivity index is 0.000000262. The fourth-order valence-corrected chi connectivity index (χ4v) is 8.90. The Morgan fingerprint density at radius 3 is 1.31 bits per heavy atom. The Labute approximate surface area is 402 Å². The number of nitriles is 2. The zero-order chi connectivity index (χ0) is 51.6. The van der Waals surface area contributed by atoms with E-state index in [2.05, 4.69) is 0 Å². The number of nitrogens with zero attached hydrogens (tertiary/aromatic N) is 4. The molecule has 0 spiro atoms. The number of carbonyl (C=O) groups is 2. The Morgan fingerprint density at radius 2 is 0.957 bits per heavy atom. The molecule has 1 N–H and O–H groups in total. The van der Waals surface area contributed by atoms with Crippen LogP contribution in [0.15, 0.2) is 131 Å². The maximum absolute atomic E-state index is 14.2. The van der Waals surface area contributed by atoms with E-state index < -0.39 is 74.1 Å². The molecule has 0 fully saturated rings. The Hall–Kier alpha value is -7.62. The van der Waals surface area contributed by atoms with E-state index in [1.54, 1.807) is 39.0 Å². The number of carboxylic acid groups (broad SMARTS) is 1. The molecule has 0 atom stereocenters. The van der Waals surface area contributed by atoms with Crippen LogP contribution < -0.4 is 9.47 Å². The largest absolute Gasteiger partial charge is 0.481 e. The Morgan fingerprint density at radius 1 is 0.571 bits per heavy atom. The minimum absolute atomic E-state index is 0.0515. The quantitative estimate of drug-likeness (QED) is 0.0714. The van der Waals surface area contributed by atoms with Crippen molar-refractivity contribution in [3.05, 3.63) is 167 Å². The first-order chi connectivity index (χ1) is 32.9. The maximum Gasteiger partial charge on any atom is 0.344 e. The molecule has 0 aliphatic rings. The molecule has 0 aliphatic heterocycles. The van der Waals surface area contributed by atoms with Gasteiger partial charge in [-0.05, 0) is 152 Å². The summed E-state index contributed by atoms with van der Waals surface area (Å²) in [4.78, 5) is 22.9. The van der Waals surface area contributed by atoms with Gasteiger partial charge < -0.3 is 19.3 Å². The Kier molecular flexibility index (Phi) is 17.3. The fourth-order valence-electron chi connectivity index (χ4n) is 6.58. The van der Waals surface area contributed by atoms with Crippen molar-refractivity contribution in [3.63, 3.8) is 0 Å². The van der Waals surface area contributed by atoms with Crippen molar-refractivity contribution in [2.24, 2.45) is 0 Å². The van der Waals surface area contributed by atoms with Gasteiger partial charge in [0.15, 0.2) is 13.2 Å². The molecule has 0 aromatic heterocycles. The number of sulfonamides is 2. The van der Waals surface area contributed by atoms with Gasteiger partial charge in [-0.15, -0.1) is 0 Å². The van der Waals surface area contributed by atoms with Gasteiger partial charge in [-0.25, -0.2) is 44.0 Å². The Bertz CT molecular complexity index is 3210. The average molecular weight is 1000 g/mol. The summed E-state index contributed by atoms with van der Waals surface area (Å²) in [6, 6.07) is 29.3. The lowest BCUT2D eigenvalue weighted by Gasteiger charge is -2.21. The van der Waals surface area contributed by atoms with Crippen molar-refractivity contribution in [3.8, 4) is 45.9 Å². The lowest BCUT2D eigenvalue weighted by atomic mass is 10.00. The van der Waals surface area contributed by atoms with Crippen LogP contribution in [0, 0.1) is 45.9 Å². The third kappa shape index (κ3) is 14.5. The molecule has 14 nitrogen and oxygen atoms in total. The summed E-state index contributed by atoms with van der Waals surface area (Å²) in [5.74, 6) is -3.92. The monoisotopic (exact) mass is 1000 g/mol. The van der Waals surface area contributed by atoms with E-state index in [0.717, 1.165) is 63.2 Å². The van der Waals surface area contributed by atoms with E-state index in [1.807, 2.05) is 12.1 Å². The van der Waals surface area contributed by atoms with Crippen molar-refractivity contribution >= 4 is 32.0 Å². The molecule has 364 valence electrons. The number of esters is 1. The van der Waals surface area contributed by atoms with E-state index in [9.17, 15) is 49.2 Å². The minimum Gasteiger partial charge on any atom is -0.481 e. The molecular weight excluding hydrogens is 957 g/mol. The third-order valence-corrected chi connectivity index (χ3v) is 13.4. The van der Waals surface area contributed by atoms with Crippen LogP contribution in [0.4, 0.5) is 17.6 Å². The highest BCUT2D eigenvalue weighted by Crippen LogP contribution is 2.35. The molecule has 0 amide bonds. The second kappa shape index (κ2) is 22.7. The SMILES string of the molecule is CN(Cc1ccc(OCC(=O)O)c(-c2cc(F)cc(C#N)c2)c1)S(=O)(=O)c1ccc(F)cc1.CN(Cc1ccc(OCC(=O)OC(C)(C)C)c(-c2cc(F)cc(C#N)c2)c1)S(=O)(=O)c1ccc(F)cc1. The summed E-state index contributed by atoms with van der Waals surface area (Å²) in [6.07, 6.45) is 0. The summed E-state index contributed by atoms with van der Waals surface area (Å²) in [5, 5.41) is 27.3. The summed E-state index contributed by atoms with van der Waals surface area (Å²) in [5.41, 5.74) is 1.64. The van der Waals surface area contributed by atoms with Gasteiger partial charge in [0.1, 0.15) is 40.4 Å². The molecule has 0 saturated heterocycles. The van der Waals surface area contributed by atoms with Gasteiger partial charge in [-0.1, -0.05) is 12.1 Å². The van der Waals surface area contributed by atoms with Crippen molar-refractivity contribution in [2.75, 3.05) is 27.3 Å². The zero-order valence-electron chi connectivity index (χ0n) is 38.1. The van der Waals surface area contributed by atoms with Gasteiger partial charge in [0.05, 0.1) is 33.1 Å². The molecule has 0 radical (unpaired) electrons. The molecule has 6 rings (SSSR count). The van der Waals surface area contributed by atoms with Gasteiger partial charge in [0.25, 0.3) is 0 Å². The van der Waals surface area contributed by atoms with Crippen LogP contribution in [0.1, 0.15) is 43.0 Å². The molecule has 0 saturated carbocycles. The maximum atomic E-state index is 14.2. The number of hydrogen-bond acceptors (Lipinski definition) is 11. The summed E-state index contributed by atoms with van der Waals surface area (Å²) >= 11 is 0. The number of hydrogen-bond donors (Lipinski definition) is 1. The van der Waals surface area contributed by atoms with Crippen LogP contribution in [-0.4, -0.2) is 75.4 Å². The number of benzene rings is 6. The molecule has 6 aromatic carbocycles. The van der Waals surface area contributed by atoms with Gasteiger partial charge in [-0.2, -0.15) is 19.1 Å². The van der Waals surface area contributed by atoms with Crippen LogP contribution in [0.25, 0.3) is 22.3 Å². The van der Waals surface area contributed by atoms with Crippen LogP contribution in [0.5, 0.6) is 11.5 Å². The molecule has 0 unspecified atom stereocenters. The number of ether oxygens (including phenoxy) is 3. The standard InChI is InChI=1S/C27H26F2N2O5S.C23H18F2N2O5S/c1-27(2,3)36-26(32)17-35-25-10-5-18(13-24(25)20-11-19(15-30)12-22(29)14-20)16-31(4)37(33,34)23-8-6-21(28)7-9-23;1-27(33(30,31)20-5-3-18(24)4-6-20)13-15-2-7-22(32-14-23(28)29)21(10-15)17-8-16(12-26)9-19(25)11-17/h5-14H,16-17H2,1-4H3;2-11H,13-14H2,1H3,(H,28,29). The first-order valence-electron chi connectivity index (χ1n) is 20.7. The molecule has 20 heteroatoms. The number of halogens is 4. The molecule has 0 heterocycles. The first kappa shape index (κ1) is 53.3. The van der Waals surface area contributed by atoms with E-state index in [4.69, 9.17) is 24.6 Å². The van der Waals surface area contributed by atoms with Gasteiger partial charge >= 0.3 is 11.9 Å². The van der Waals surface area contributed by atoms with Crippen molar-refractivity contribution in [2.45, 2.75) is 49.3 Å². The molecule has 0 bridgehead atoms. The smallest absolute Gasteiger partial charge is 0.344 e. The molecule has 70 heavy (non-hydrogen) atoms. The van der Waals surface area contributed by atoms with E-state index >= 15 is 0 Å². The van der Waals surface area contributed by atoms with E-state index in [0.29, 0.717) is 22.3 Å². The first-order valence-corrected chi connectivity index (χ1v) is 23.6. The summed E-state index contributed by atoms with van der Waals surface area (Å²) in [6.45, 7) is 3.94. The predicted molar refractivity (Wildman–Crippen MR) is 248 cm³/mol. The fraction of sp³-hybridized carbons (Fsp3) is 0.200. The lowest BCUT2D eigenvalue weighted by molar-refractivity contribution is -0.157. The van der Waals surface area contributed by atoms with Gasteiger partial charge in [0.2, 0.25) is 20.0 Å². The van der Waals surface area contributed by atoms with E-state index in [1.165, 1.54) is 62.6 Å². The van der Waals surface area contributed by atoms with Crippen molar-refractivity contribution in [1.82, 2.24) is 8.61 Å². The van der Waals surface area contributed by atoms with Crippen molar-refractivity contribution < 1.29 is 63.3 Å². The summed E-state index contributed by atoms with van der Waals surface area (Å²) in [7, 11) is -5.13. The molecule has 0 aliphatic carbocycles. The average Bonchev–Trinajstić information content (AvgIpc) is 3.30. The van der Waals surface area contributed by atoms with Gasteiger partial charge in [0, 0.05) is 38.3 Å². The second-order valence-electron chi connectivity index (χ2n) is 16.3. The summed E-state index contributed by atoms with van der Waals surface area (Å²) < 4.78 is 125. The van der Waals surface area contributed by atoms with Crippen LogP contribution in [-0.2, 0) is 47.5 Å². The van der Waals surface area contributed by atoms with Crippen LogP contribution in [0.3, 0.4) is 0 Å². The van der Waals surface area contributed by atoms with E-state index in [-0.39, 0.29) is 56.6 Å². The third-order valence-electron chi connectivity index (χ3n) is 9.73. The number of aliphatic carboxylic acids is 1. The lowest BCUT2D eigenvalue weighted by Crippen LogP contribution is -2.27. The van der Waals surface area contributed by atoms with Crippen molar-refractivity contribution in [1.29, 1.82) is 10.5 Å². The second-order valence-corrected chi connectivity index (χ2v) is 20.4. The zero-order valence-corrected chi connectivity index (χ0v) is 39.7.